The van der Waals surface area contributed by atoms with E-state index in [-0.39, 0.29) is 11.9 Å². The topological polar surface area (TPSA) is 109 Å². The number of pyridine rings is 1. The van der Waals surface area contributed by atoms with E-state index in [4.69, 9.17) is 9.72 Å². The number of carbonyl (C=O) groups excluding carboxylic acids is 2. The highest BCUT2D eigenvalue weighted by Crippen LogP contribution is 2.27. The highest BCUT2D eigenvalue weighted by molar-refractivity contribution is 6.04. The molecule has 194 valence electrons. The lowest BCUT2D eigenvalue weighted by Gasteiger charge is -2.40. The molecule has 0 atom stereocenters. The Balaban J connectivity index is 1.27. The lowest BCUT2D eigenvalue weighted by molar-refractivity contribution is 0.0495. The van der Waals surface area contributed by atoms with Gasteiger partial charge in [-0.1, -0.05) is 12.1 Å². The molecule has 5 rings (SSSR count). The van der Waals surface area contributed by atoms with Crippen LogP contribution in [0.15, 0.2) is 67.1 Å². The molecule has 38 heavy (non-hydrogen) atoms. The van der Waals surface area contributed by atoms with Gasteiger partial charge in [0.25, 0.3) is 5.91 Å². The molecule has 10 heteroatoms. The van der Waals surface area contributed by atoms with Crippen LogP contribution < -0.4 is 15.5 Å². The summed E-state index contributed by atoms with van der Waals surface area (Å²) in [5.74, 6) is 0.316. The maximum absolute atomic E-state index is 13.2. The second kappa shape index (κ2) is 10.0. The van der Waals surface area contributed by atoms with Crippen LogP contribution in [0.25, 0.3) is 22.0 Å². The van der Waals surface area contributed by atoms with Crippen molar-refractivity contribution in [1.82, 2.24) is 20.3 Å². The molecule has 3 heterocycles. The number of benzene rings is 2. The zero-order chi connectivity index (χ0) is 26.9. The number of aromatic nitrogens is 3. The first-order chi connectivity index (χ1) is 18.1. The number of anilines is 2. The molecule has 2 N–H and O–H groups in total. The smallest absolute Gasteiger partial charge is 0.407 e. The monoisotopic (exact) mass is 514 g/mol. The van der Waals surface area contributed by atoms with Gasteiger partial charge in [-0.25, -0.2) is 19.2 Å². The van der Waals surface area contributed by atoms with E-state index >= 15 is 0 Å². The van der Waals surface area contributed by atoms with Crippen molar-refractivity contribution in [3.05, 3.63) is 78.5 Å². The highest BCUT2D eigenvalue weighted by Gasteiger charge is 2.31. The predicted molar refractivity (Wildman–Crippen MR) is 142 cm³/mol. The lowest BCUT2D eigenvalue weighted by atomic mass is 10.1. The van der Waals surface area contributed by atoms with Gasteiger partial charge >= 0.3 is 6.09 Å². The molecule has 1 aliphatic rings. The van der Waals surface area contributed by atoms with Crippen LogP contribution in [-0.2, 0) is 4.74 Å². The summed E-state index contributed by atoms with van der Waals surface area (Å²) in [5.41, 5.74) is 1.35. The summed E-state index contributed by atoms with van der Waals surface area (Å²) in [6.45, 7) is 6.70. The van der Waals surface area contributed by atoms with E-state index < -0.39 is 17.5 Å². The van der Waals surface area contributed by atoms with Crippen LogP contribution in [0.5, 0.6) is 0 Å². The summed E-state index contributed by atoms with van der Waals surface area (Å²) in [6.07, 6.45) is 4.64. The molecular formula is C28H27FN6O3. The number of hydrogen-bond acceptors (Lipinski definition) is 7. The first kappa shape index (κ1) is 25.1. The van der Waals surface area contributed by atoms with Crippen LogP contribution in [0.3, 0.4) is 0 Å². The maximum atomic E-state index is 13.2. The number of alkyl carbamates (subject to hydrolysis) is 1. The molecule has 1 aliphatic heterocycles. The molecule has 1 fully saturated rings. The van der Waals surface area contributed by atoms with Gasteiger partial charge in [-0.05, 0) is 62.6 Å². The standard InChI is InChI=1S/C28H27FN6O3/c1-28(2,3)38-27(37)32-22-15-35(16-22)25-14-30-13-23(33-25)18-4-5-19-12-31-24(11-20(19)10-18)34-26(36)17-6-8-21(29)9-7-17/h4-14,22H,15-16H2,1-3H3,(H,32,37)(H,31,34,36). The van der Waals surface area contributed by atoms with Crippen LogP contribution in [0, 0.1) is 5.82 Å². The summed E-state index contributed by atoms with van der Waals surface area (Å²) >= 11 is 0. The van der Waals surface area contributed by atoms with E-state index in [0.29, 0.717) is 36.0 Å². The minimum Gasteiger partial charge on any atom is -0.444 e. The lowest BCUT2D eigenvalue weighted by Crippen LogP contribution is -2.60. The molecule has 0 unspecified atom stereocenters. The summed E-state index contributed by atoms with van der Waals surface area (Å²) in [5, 5.41) is 7.38. The van der Waals surface area contributed by atoms with Crippen molar-refractivity contribution in [3.63, 3.8) is 0 Å². The Morgan fingerprint density at radius 2 is 1.76 bits per heavy atom. The van der Waals surface area contributed by atoms with Crippen LogP contribution in [0.2, 0.25) is 0 Å². The fourth-order valence-electron chi connectivity index (χ4n) is 4.04. The summed E-state index contributed by atoms with van der Waals surface area (Å²) < 4.78 is 18.5. The quantitative estimate of drug-likeness (QED) is 0.394. The van der Waals surface area contributed by atoms with Crippen molar-refractivity contribution < 1.29 is 18.7 Å². The summed E-state index contributed by atoms with van der Waals surface area (Å²) in [4.78, 5) is 40.0. The van der Waals surface area contributed by atoms with E-state index in [2.05, 4.69) is 20.6 Å². The average Bonchev–Trinajstić information content (AvgIpc) is 2.85. The molecular weight excluding hydrogens is 487 g/mol. The van der Waals surface area contributed by atoms with Gasteiger partial charge in [0.1, 0.15) is 23.1 Å². The van der Waals surface area contributed by atoms with Crippen molar-refractivity contribution in [2.24, 2.45) is 0 Å². The van der Waals surface area contributed by atoms with Gasteiger partial charge in [-0.15, -0.1) is 0 Å². The molecule has 0 bridgehead atoms. The Bertz CT molecular complexity index is 1500. The second-order valence-corrected chi connectivity index (χ2v) is 10.1. The third-order valence-electron chi connectivity index (χ3n) is 5.91. The third kappa shape index (κ3) is 5.86. The van der Waals surface area contributed by atoms with Gasteiger partial charge in [0.2, 0.25) is 0 Å². The van der Waals surface area contributed by atoms with Crippen LogP contribution in [-0.4, -0.2) is 51.7 Å². The Labute approximate surface area is 219 Å². The Kier molecular flexibility index (Phi) is 6.62. The van der Waals surface area contributed by atoms with Crippen molar-refractivity contribution in [2.45, 2.75) is 32.4 Å². The van der Waals surface area contributed by atoms with E-state index in [0.717, 1.165) is 16.3 Å². The normalized spacial score (nSPS) is 13.6. The maximum Gasteiger partial charge on any atom is 0.407 e. The average molecular weight is 515 g/mol. The number of amides is 2. The zero-order valence-electron chi connectivity index (χ0n) is 21.2. The van der Waals surface area contributed by atoms with Crippen LogP contribution in [0.1, 0.15) is 31.1 Å². The number of nitrogens with one attached hydrogen (secondary N) is 2. The molecule has 1 saturated heterocycles. The molecule has 2 aromatic heterocycles. The third-order valence-corrected chi connectivity index (χ3v) is 5.91. The molecule has 9 nitrogen and oxygen atoms in total. The Morgan fingerprint density at radius 1 is 1.00 bits per heavy atom. The number of hydrogen-bond donors (Lipinski definition) is 2. The van der Waals surface area contributed by atoms with Gasteiger partial charge in [-0.2, -0.15) is 0 Å². The van der Waals surface area contributed by atoms with E-state index in [1.807, 2.05) is 43.9 Å². The van der Waals surface area contributed by atoms with Gasteiger partial charge in [0, 0.05) is 35.8 Å². The second-order valence-electron chi connectivity index (χ2n) is 10.1. The molecule has 2 amide bonds. The fraction of sp³-hybridized carbons (Fsp3) is 0.250. The van der Waals surface area contributed by atoms with Crippen molar-refractivity contribution in [2.75, 3.05) is 23.3 Å². The van der Waals surface area contributed by atoms with Crippen LogP contribution in [0.4, 0.5) is 20.8 Å². The number of halogens is 1. The van der Waals surface area contributed by atoms with E-state index in [1.54, 1.807) is 24.7 Å². The van der Waals surface area contributed by atoms with E-state index in [1.165, 1.54) is 24.3 Å². The SMILES string of the molecule is CC(C)(C)OC(=O)NC1CN(c2cncc(-c3ccc4cnc(NC(=O)c5ccc(F)cc5)cc4c3)n2)C1. The molecule has 2 aromatic carbocycles. The van der Waals surface area contributed by atoms with E-state index in [9.17, 15) is 14.0 Å². The number of ether oxygens (including phenoxy) is 1. The number of nitrogens with zero attached hydrogens (tertiary/aromatic N) is 4. The molecule has 0 aliphatic carbocycles. The number of rotatable bonds is 5. The predicted octanol–water partition coefficient (Wildman–Crippen LogP) is 4.80. The zero-order valence-corrected chi connectivity index (χ0v) is 21.2. The molecule has 0 spiro atoms. The largest absolute Gasteiger partial charge is 0.444 e. The highest BCUT2D eigenvalue weighted by atomic mass is 19.1. The minimum absolute atomic E-state index is 0.0213. The van der Waals surface area contributed by atoms with Gasteiger partial charge in [0.15, 0.2) is 0 Å². The Hall–Kier alpha value is -4.60. The molecule has 0 saturated carbocycles. The van der Waals surface area contributed by atoms with Gasteiger partial charge in [-0.3, -0.25) is 9.78 Å². The first-order valence-corrected chi connectivity index (χ1v) is 12.2. The number of fused-ring (bicyclic) bond motifs is 1. The number of carbonyl (C=O) groups is 2. The molecule has 4 aromatic rings. The summed E-state index contributed by atoms with van der Waals surface area (Å²) in [6, 6.07) is 12.9. The minimum atomic E-state index is -0.543. The Morgan fingerprint density at radius 3 is 2.50 bits per heavy atom. The van der Waals surface area contributed by atoms with Gasteiger partial charge < -0.3 is 20.3 Å². The fourth-order valence-corrected chi connectivity index (χ4v) is 4.04. The van der Waals surface area contributed by atoms with Crippen molar-refractivity contribution >= 4 is 34.4 Å². The van der Waals surface area contributed by atoms with Crippen LogP contribution >= 0.6 is 0 Å². The summed E-state index contributed by atoms with van der Waals surface area (Å²) in [7, 11) is 0. The van der Waals surface area contributed by atoms with Gasteiger partial charge in [0.05, 0.1) is 24.1 Å². The van der Waals surface area contributed by atoms with Crippen molar-refractivity contribution in [3.8, 4) is 11.3 Å². The molecule has 0 radical (unpaired) electrons. The van der Waals surface area contributed by atoms with Crippen molar-refractivity contribution in [1.29, 1.82) is 0 Å². The first-order valence-electron chi connectivity index (χ1n) is 12.2.